The van der Waals surface area contributed by atoms with Gasteiger partial charge in [0, 0.05) is 43.5 Å². The largest absolute Gasteiger partial charge is 0.466 e. The molecule has 32 heavy (non-hydrogen) atoms. The van der Waals surface area contributed by atoms with Crippen LogP contribution in [-0.4, -0.2) is 38.2 Å². The summed E-state index contributed by atoms with van der Waals surface area (Å²) in [5, 5.41) is 7.89. The molecule has 172 valence electrons. The lowest BCUT2D eigenvalue weighted by Gasteiger charge is -2.31. The Morgan fingerprint density at radius 1 is 1.12 bits per heavy atom. The predicted molar refractivity (Wildman–Crippen MR) is 119 cm³/mol. The Kier molecular flexibility index (Phi) is 6.39. The lowest BCUT2D eigenvalue weighted by atomic mass is 9.95. The van der Waals surface area contributed by atoms with E-state index in [2.05, 4.69) is 12.2 Å². The monoisotopic (exact) mass is 459 g/mol. The Hall–Kier alpha value is -2.65. The molecule has 3 N–H and O–H groups in total. The molecule has 2 heterocycles. The second-order valence-electron chi connectivity index (χ2n) is 8.84. The van der Waals surface area contributed by atoms with Gasteiger partial charge in [-0.05, 0) is 61.6 Å². The predicted octanol–water partition coefficient (Wildman–Crippen LogP) is 2.86. The van der Waals surface area contributed by atoms with Crippen molar-refractivity contribution in [1.29, 1.82) is 0 Å². The van der Waals surface area contributed by atoms with Crippen LogP contribution in [0.5, 0.6) is 0 Å². The van der Waals surface area contributed by atoms with Crippen LogP contribution in [0.25, 0.3) is 0 Å². The van der Waals surface area contributed by atoms with Gasteiger partial charge in [0.1, 0.15) is 11.5 Å². The molecule has 1 aromatic carbocycles. The van der Waals surface area contributed by atoms with Gasteiger partial charge in [-0.1, -0.05) is 6.92 Å². The van der Waals surface area contributed by atoms with Gasteiger partial charge in [0.05, 0.1) is 4.90 Å². The van der Waals surface area contributed by atoms with Gasteiger partial charge in [0.15, 0.2) is 0 Å². The maximum atomic E-state index is 12.6. The maximum absolute atomic E-state index is 12.6. The lowest BCUT2D eigenvalue weighted by Crippen LogP contribution is -2.41. The Balaban J connectivity index is 1.21. The van der Waals surface area contributed by atoms with Crippen molar-refractivity contribution >= 4 is 27.5 Å². The SMILES string of the molecule is CC1CC1c1ccc(CCC(=O)N2CCC(C(=O)Nc3ccc(S(N)(=O)=O)cc3)CC2)o1. The molecule has 9 heteroatoms. The molecule has 0 spiro atoms. The van der Waals surface area contributed by atoms with Crippen molar-refractivity contribution in [3.05, 3.63) is 47.9 Å². The molecule has 0 bridgehead atoms. The summed E-state index contributed by atoms with van der Waals surface area (Å²) in [5.74, 6) is 2.89. The topological polar surface area (TPSA) is 123 Å². The van der Waals surface area contributed by atoms with Crippen molar-refractivity contribution in [1.82, 2.24) is 4.90 Å². The summed E-state index contributed by atoms with van der Waals surface area (Å²) in [5.41, 5.74) is 0.513. The minimum atomic E-state index is -3.76. The fourth-order valence-corrected chi connectivity index (χ4v) is 4.71. The number of hydrogen-bond acceptors (Lipinski definition) is 5. The van der Waals surface area contributed by atoms with Crippen LogP contribution < -0.4 is 10.5 Å². The van der Waals surface area contributed by atoms with Gasteiger partial charge in [0.25, 0.3) is 0 Å². The number of carbonyl (C=O) groups excluding carboxylic acids is 2. The van der Waals surface area contributed by atoms with Crippen molar-refractivity contribution in [3.63, 3.8) is 0 Å². The van der Waals surface area contributed by atoms with Gasteiger partial charge < -0.3 is 14.6 Å². The third-order valence-corrected chi connectivity index (χ3v) is 7.34. The summed E-state index contributed by atoms with van der Waals surface area (Å²) in [7, 11) is -3.76. The van der Waals surface area contributed by atoms with E-state index in [1.807, 2.05) is 17.0 Å². The summed E-state index contributed by atoms with van der Waals surface area (Å²) in [6.07, 6.45) is 3.36. The number of nitrogens with two attached hydrogens (primary N) is 1. The summed E-state index contributed by atoms with van der Waals surface area (Å²) < 4.78 is 28.5. The number of carbonyl (C=O) groups is 2. The summed E-state index contributed by atoms with van der Waals surface area (Å²) in [6.45, 7) is 3.30. The van der Waals surface area contributed by atoms with Crippen LogP contribution in [0.2, 0.25) is 0 Å². The fraction of sp³-hybridized carbons (Fsp3) is 0.478. The Morgan fingerprint density at radius 3 is 2.38 bits per heavy atom. The molecule has 2 atom stereocenters. The molecule has 2 aromatic rings. The zero-order valence-corrected chi connectivity index (χ0v) is 18.9. The van der Waals surface area contributed by atoms with Crippen molar-refractivity contribution in [2.45, 2.75) is 49.8 Å². The second-order valence-corrected chi connectivity index (χ2v) is 10.4. The molecule has 1 aliphatic heterocycles. The highest BCUT2D eigenvalue weighted by Crippen LogP contribution is 2.47. The molecule has 1 saturated heterocycles. The minimum absolute atomic E-state index is 0.00445. The standard InChI is InChI=1S/C23H29N3O5S/c1-15-14-20(15)21-8-4-18(31-21)5-9-22(27)26-12-10-16(11-13-26)23(28)25-17-2-6-19(7-3-17)32(24,29)30/h2-4,6-8,15-16,20H,5,9-14H2,1H3,(H,25,28)(H2,24,29,30). The fourth-order valence-electron chi connectivity index (χ4n) is 4.20. The van der Waals surface area contributed by atoms with Crippen LogP contribution in [0.3, 0.4) is 0 Å². The van der Waals surface area contributed by atoms with Gasteiger partial charge in [0.2, 0.25) is 21.8 Å². The molecular formula is C23H29N3O5S. The van der Waals surface area contributed by atoms with Gasteiger partial charge in [-0.15, -0.1) is 0 Å². The number of sulfonamides is 1. The van der Waals surface area contributed by atoms with Gasteiger partial charge >= 0.3 is 0 Å². The molecule has 1 aromatic heterocycles. The third-order valence-electron chi connectivity index (χ3n) is 6.41. The van der Waals surface area contributed by atoms with Crippen molar-refractivity contribution in [2.24, 2.45) is 17.0 Å². The van der Waals surface area contributed by atoms with Crippen LogP contribution in [0.15, 0.2) is 45.7 Å². The molecule has 2 aliphatic rings. The van der Waals surface area contributed by atoms with E-state index in [4.69, 9.17) is 9.56 Å². The van der Waals surface area contributed by atoms with E-state index in [1.54, 1.807) is 0 Å². The molecular weight excluding hydrogens is 430 g/mol. The van der Waals surface area contributed by atoms with E-state index in [-0.39, 0.29) is 22.6 Å². The number of amides is 2. The molecule has 2 unspecified atom stereocenters. The average Bonchev–Trinajstić information content (AvgIpc) is 3.31. The van der Waals surface area contributed by atoms with Crippen LogP contribution in [0, 0.1) is 11.8 Å². The number of furan rings is 1. The van der Waals surface area contributed by atoms with E-state index in [1.165, 1.54) is 30.7 Å². The number of likely N-dealkylation sites (tertiary alicyclic amines) is 1. The summed E-state index contributed by atoms with van der Waals surface area (Å²) in [4.78, 5) is 26.9. The number of anilines is 1. The molecule has 0 radical (unpaired) electrons. The van der Waals surface area contributed by atoms with Crippen LogP contribution in [-0.2, 0) is 26.0 Å². The van der Waals surface area contributed by atoms with E-state index in [0.29, 0.717) is 56.3 Å². The number of primary sulfonamides is 1. The first-order valence-corrected chi connectivity index (χ1v) is 12.6. The zero-order chi connectivity index (χ0) is 22.9. The molecule has 2 fully saturated rings. The zero-order valence-electron chi connectivity index (χ0n) is 18.1. The number of benzene rings is 1. The molecule has 4 rings (SSSR count). The highest BCUT2D eigenvalue weighted by Gasteiger charge is 2.36. The first-order valence-electron chi connectivity index (χ1n) is 11.0. The quantitative estimate of drug-likeness (QED) is 0.659. The highest BCUT2D eigenvalue weighted by atomic mass is 32.2. The first-order chi connectivity index (χ1) is 15.2. The van der Waals surface area contributed by atoms with Crippen LogP contribution in [0.4, 0.5) is 5.69 Å². The number of rotatable bonds is 7. The maximum Gasteiger partial charge on any atom is 0.238 e. The first kappa shape index (κ1) is 22.5. The number of nitrogens with one attached hydrogen (secondary N) is 1. The lowest BCUT2D eigenvalue weighted by molar-refractivity contribution is -0.134. The number of hydrogen-bond donors (Lipinski definition) is 2. The normalized spacial score (nSPS) is 21.4. The molecule has 8 nitrogen and oxygen atoms in total. The van der Waals surface area contributed by atoms with E-state index in [0.717, 1.165) is 11.5 Å². The summed E-state index contributed by atoms with van der Waals surface area (Å²) >= 11 is 0. The van der Waals surface area contributed by atoms with Crippen LogP contribution in [0.1, 0.15) is 50.0 Å². The smallest absolute Gasteiger partial charge is 0.238 e. The van der Waals surface area contributed by atoms with E-state index >= 15 is 0 Å². The number of nitrogens with zero attached hydrogens (tertiary/aromatic N) is 1. The minimum Gasteiger partial charge on any atom is -0.466 e. The van der Waals surface area contributed by atoms with Gasteiger partial charge in [-0.25, -0.2) is 13.6 Å². The van der Waals surface area contributed by atoms with Crippen molar-refractivity contribution < 1.29 is 22.4 Å². The van der Waals surface area contributed by atoms with Crippen molar-refractivity contribution in [3.8, 4) is 0 Å². The van der Waals surface area contributed by atoms with E-state index in [9.17, 15) is 18.0 Å². The highest BCUT2D eigenvalue weighted by molar-refractivity contribution is 7.89. The third kappa shape index (κ3) is 5.39. The molecule has 1 saturated carbocycles. The number of piperidine rings is 1. The average molecular weight is 460 g/mol. The van der Waals surface area contributed by atoms with E-state index < -0.39 is 10.0 Å². The Labute approximate surface area is 188 Å². The Bertz CT molecular complexity index is 1090. The van der Waals surface area contributed by atoms with Gasteiger partial charge in [-0.3, -0.25) is 9.59 Å². The number of aryl methyl sites for hydroxylation is 1. The second kappa shape index (κ2) is 9.07. The van der Waals surface area contributed by atoms with Crippen molar-refractivity contribution in [2.75, 3.05) is 18.4 Å². The Morgan fingerprint density at radius 2 is 1.78 bits per heavy atom. The van der Waals surface area contributed by atoms with Crippen LogP contribution >= 0.6 is 0 Å². The molecule has 2 amide bonds. The summed E-state index contributed by atoms with van der Waals surface area (Å²) in [6, 6.07) is 9.75. The molecule has 1 aliphatic carbocycles. The van der Waals surface area contributed by atoms with Gasteiger partial charge in [-0.2, -0.15) is 0 Å².